The Kier molecular flexibility index (Phi) is 2.67. The topological polar surface area (TPSA) is 38.8 Å². The van der Waals surface area contributed by atoms with Crippen molar-refractivity contribution in [1.29, 1.82) is 0 Å². The Morgan fingerprint density at radius 2 is 2.22 bits per heavy atom. The monoisotopic (exact) mass is 246 g/mol. The Bertz CT molecular complexity index is 495. The zero-order valence-electron chi connectivity index (χ0n) is 10.9. The van der Waals surface area contributed by atoms with Gasteiger partial charge in [-0.05, 0) is 49.8 Å². The number of hydrogen-bond donors (Lipinski definition) is 0. The van der Waals surface area contributed by atoms with Gasteiger partial charge in [-0.15, -0.1) is 0 Å². The van der Waals surface area contributed by atoms with E-state index in [0.717, 1.165) is 12.0 Å². The average molecular weight is 246 g/mol. The van der Waals surface area contributed by atoms with E-state index >= 15 is 0 Å². The molecule has 1 aromatic rings. The molecule has 0 N–H and O–H groups in total. The fourth-order valence-electron chi connectivity index (χ4n) is 2.80. The number of aryl methyl sites for hydroxylation is 2. The minimum atomic E-state index is -0.482. The van der Waals surface area contributed by atoms with E-state index in [0.29, 0.717) is 6.61 Å². The summed E-state index contributed by atoms with van der Waals surface area (Å²) in [6.07, 6.45) is 3.12. The number of hydrogen-bond acceptors (Lipinski definition) is 3. The summed E-state index contributed by atoms with van der Waals surface area (Å²) in [7, 11) is 0. The molecule has 1 heterocycles. The number of epoxide rings is 1. The normalized spacial score (nSPS) is 28.9. The molecular formula is C15H18O3. The molecule has 96 valence electrons. The fourth-order valence-corrected chi connectivity index (χ4v) is 2.80. The van der Waals surface area contributed by atoms with Crippen molar-refractivity contribution >= 4 is 5.97 Å². The molecular weight excluding hydrogens is 228 g/mol. The quantitative estimate of drug-likeness (QED) is 0.607. The van der Waals surface area contributed by atoms with Gasteiger partial charge in [-0.2, -0.15) is 0 Å². The van der Waals surface area contributed by atoms with E-state index in [1.54, 1.807) is 0 Å². The first-order valence-electron chi connectivity index (χ1n) is 6.62. The molecule has 3 rings (SSSR count). The minimum Gasteiger partial charge on any atom is -0.464 e. The van der Waals surface area contributed by atoms with Gasteiger partial charge < -0.3 is 9.47 Å². The van der Waals surface area contributed by atoms with E-state index in [-0.39, 0.29) is 5.97 Å². The summed E-state index contributed by atoms with van der Waals surface area (Å²) in [5.41, 5.74) is 3.47. The van der Waals surface area contributed by atoms with Crippen molar-refractivity contribution in [3.8, 4) is 0 Å². The molecule has 0 aromatic heterocycles. The number of rotatable bonds is 3. The number of ether oxygens (including phenoxy) is 2. The van der Waals surface area contributed by atoms with Crippen molar-refractivity contribution < 1.29 is 14.3 Å². The van der Waals surface area contributed by atoms with Crippen LogP contribution in [0.25, 0.3) is 0 Å². The van der Waals surface area contributed by atoms with Crippen molar-refractivity contribution in [2.45, 2.75) is 44.8 Å². The Balaban J connectivity index is 1.82. The van der Waals surface area contributed by atoms with Gasteiger partial charge in [-0.1, -0.05) is 18.2 Å². The second-order valence-corrected chi connectivity index (χ2v) is 5.19. The Morgan fingerprint density at radius 1 is 1.44 bits per heavy atom. The van der Waals surface area contributed by atoms with E-state index < -0.39 is 11.7 Å². The van der Waals surface area contributed by atoms with E-state index in [1.807, 2.05) is 13.8 Å². The van der Waals surface area contributed by atoms with Crippen LogP contribution in [0.2, 0.25) is 0 Å². The highest BCUT2D eigenvalue weighted by Gasteiger charge is 2.59. The highest BCUT2D eigenvalue weighted by Crippen LogP contribution is 2.47. The van der Waals surface area contributed by atoms with E-state index in [1.165, 1.54) is 24.0 Å². The lowest BCUT2D eigenvalue weighted by molar-refractivity contribution is -0.144. The molecule has 1 aliphatic heterocycles. The SMILES string of the molecule is CCOC(=O)C1OC1(C)c1ccc2c(c1)CCC2. The van der Waals surface area contributed by atoms with Crippen molar-refractivity contribution in [1.82, 2.24) is 0 Å². The second kappa shape index (κ2) is 4.09. The lowest BCUT2D eigenvalue weighted by Gasteiger charge is -2.09. The molecule has 0 saturated carbocycles. The van der Waals surface area contributed by atoms with Gasteiger partial charge in [0.05, 0.1) is 6.61 Å². The van der Waals surface area contributed by atoms with Crippen LogP contribution in [0.5, 0.6) is 0 Å². The summed E-state index contributed by atoms with van der Waals surface area (Å²) < 4.78 is 10.6. The summed E-state index contributed by atoms with van der Waals surface area (Å²) in [4.78, 5) is 11.7. The maximum absolute atomic E-state index is 11.7. The third-order valence-corrected chi connectivity index (χ3v) is 3.98. The molecule has 0 bridgehead atoms. The molecule has 2 unspecified atom stereocenters. The van der Waals surface area contributed by atoms with Gasteiger partial charge in [0.15, 0.2) is 6.10 Å². The molecule has 2 atom stereocenters. The predicted molar refractivity (Wildman–Crippen MR) is 67.3 cm³/mol. The molecule has 2 aliphatic rings. The molecule has 0 spiro atoms. The molecule has 0 radical (unpaired) electrons. The summed E-state index contributed by atoms with van der Waals surface area (Å²) in [5.74, 6) is -0.250. The van der Waals surface area contributed by atoms with E-state index in [9.17, 15) is 4.79 Å². The van der Waals surface area contributed by atoms with Crippen LogP contribution in [-0.4, -0.2) is 18.7 Å². The Morgan fingerprint density at radius 3 is 3.00 bits per heavy atom. The van der Waals surface area contributed by atoms with E-state index in [4.69, 9.17) is 9.47 Å². The number of fused-ring (bicyclic) bond motifs is 1. The number of benzene rings is 1. The van der Waals surface area contributed by atoms with Gasteiger partial charge in [0, 0.05) is 0 Å². The smallest absolute Gasteiger partial charge is 0.338 e. The molecule has 1 aliphatic carbocycles. The van der Waals surface area contributed by atoms with Gasteiger partial charge in [0.25, 0.3) is 0 Å². The first-order valence-corrected chi connectivity index (χ1v) is 6.62. The number of carbonyl (C=O) groups excluding carboxylic acids is 1. The summed E-state index contributed by atoms with van der Waals surface area (Å²) in [6.45, 7) is 4.18. The van der Waals surface area contributed by atoms with Crippen LogP contribution in [0.4, 0.5) is 0 Å². The summed E-state index contributed by atoms with van der Waals surface area (Å²) in [6, 6.07) is 6.46. The van der Waals surface area contributed by atoms with Crippen LogP contribution in [-0.2, 0) is 32.7 Å². The highest BCUT2D eigenvalue weighted by molar-refractivity contribution is 5.79. The molecule has 3 nitrogen and oxygen atoms in total. The molecule has 1 fully saturated rings. The van der Waals surface area contributed by atoms with Crippen molar-refractivity contribution in [2.75, 3.05) is 6.61 Å². The maximum Gasteiger partial charge on any atom is 0.338 e. The van der Waals surface area contributed by atoms with Crippen LogP contribution in [0.3, 0.4) is 0 Å². The lowest BCUT2D eigenvalue weighted by Crippen LogP contribution is -2.19. The number of carbonyl (C=O) groups is 1. The van der Waals surface area contributed by atoms with Gasteiger partial charge in [-0.3, -0.25) is 0 Å². The minimum absolute atomic E-state index is 0.250. The molecule has 1 aromatic carbocycles. The molecule has 1 saturated heterocycles. The van der Waals surface area contributed by atoms with Crippen LogP contribution in [0, 0.1) is 0 Å². The fraction of sp³-hybridized carbons (Fsp3) is 0.533. The van der Waals surface area contributed by atoms with Crippen molar-refractivity contribution in [3.63, 3.8) is 0 Å². The molecule has 18 heavy (non-hydrogen) atoms. The Hall–Kier alpha value is -1.35. The largest absolute Gasteiger partial charge is 0.464 e. The second-order valence-electron chi connectivity index (χ2n) is 5.19. The van der Waals surface area contributed by atoms with Gasteiger partial charge in [-0.25, -0.2) is 4.79 Å². The molecule has 3 heteroatoms. The Labute approximate surface area is 107 Å². The average Bonchev–Trinajstić information content (AvgIpc) is 2.86. The zero-order chi connectivity index (χ0) is 12.8. The highest BCUT2D eigenvalue weighted by atomic mass is 16.7. The summed E-state index contributed by atoms with van der Waals surface area (Å²) in [5, 5.41) is 0. The standard InChI is InChI=1S/C15H18O3/c1-3-17-14(16)13-15(2,18-13)12-8-7-10-5-4-6-11(10)9-12/h7-9,13H,3-6H2,1-2H3. The lowest BCUT2D eigenvalue weighted by atomic mass is 9.94. The first kappa shape index (κ1) is 11.7. The van der Waals surface area contributed by atoms with E-state index in [2.05, 4.69) is 18.2 Å². The van der Waals surface area contributed by atoms with Crippen LogP contribution >= 0.6 is 0 Å². The maximum atomic E-state index is 11.7. The van der Waals surface area contributed by atoms with Crippen LogP contribution in [0.15, 0.2) is 18.2 Å². The summed E-state index contributed by atoms with van der Waals surface area (Å²) >= 11 is 0. The van der Waals surface area contributed by atoms with Crippen molar-refractivity contribution in [3.05, 3.63) is 34.9 Å². The third-order valence-electron chi connectivity index (χ3n) is 3.98. The van der Waals surface area contributed by atoms with Gasteiger partial charge >= 0.3 is 5.97 Å². The predicted octanol–water partition coefficient (Wildman–Crippen LogP) is 2.35. The van der Waals surface area contributed by atoms with Crippen LogP contribution < -0.4 is 0 Å². The van der Waals surface area contributed by atoms with Crippen molar-refractivity contribution in [2.24, 2.45) is 0 Å². The molecule has 0 amide bonds. The zero-order valence-corrected chi connectivity index (χ0v) is 10.9. The number of esters is 1. The third kappa shape index (κ3) is 1.74. The van der Waals surface area contributed by atoms with Crippen LogP contribution in [0.1, 0.15) is 37.0 Å². The first-order chi connectivity index (χ1) is 8.65. The van der Waals surface area contributed by atoms with Gasteiger partial charge in [0.2, 0.25) is 0 Å². The van der Waals surface area contributed by atoms with Gasteiger partial charge in [0.1, 0.15) is 5.60 Å².